The van der Waals surface area contributed by atoms with Crippen molar-refractivity contribution < 1.29 is 13.2 Å². The number of rotatable bonds is 2. The highest BCUT2D eigenvalue weighted by atomic mass is 127. The van der Waals surface area contributed by atoms with Crippen LogP contribution in [0.25, 0.3) is 0 Å². The first kappa shape index (κ1) is 15.5. The van der Waals surface area contributed by atoms with Gasteiger partial charge in [-0.2, -0.15) is 13.2 Å². The van der Waals surface area contributed by atoms with Crippen LogP contribution in [0, 0.1) is 3.57 Å². The number of nitrogens with zero attached hydrogens (tertiary/aromatic N) is 2. The van der Waals surface area contributed by atoms with Gasteiger partial charge in [0.15, 0.2) is 0 Å². The van der Waals surface area contributed by atoms with Crippen LogP contribution in [0.15, 0.2) is 0 Å². The Labute approximate surface area is 118 Å². The fraction of sp³-hybridized carbons (Fsp3) is 0.636. The van der Waals surface area contributed by atoms with Crippen LogP contribution in [0.3, 0.4) is 0 Å². The van der Waals surface area contributed by atoms with E-state index >= 15 is 0 Å². The maximum absolute atomic E-state index is 12.2. The lowest BCUT2D eigenvalue weighted by Gasteiger charge is -2.21. The fourth-order valence-corrected chi connectivity index (χ4v) is 2.43. The van der Waals surface area contributed by atoms with Gasteiger partial charge in [-0.15, -0.1) is 0 Å². The average molecular weight is 373 g/mol. The zero-order chi connectivity index (χ0) is 14.1. The smallest absolute Gasteiger partial charge is 0.383 e. The van der Waals surface area contributed by atoms with Gasteiger partial charge in [-0.3, -0.25) is 0 Å². The topological polar surface area (TPSA) is 51.8 Å². The maximum Gasteiger partial charge on any atom is 0.389 e. The molecule has 0 aliphatic carbocycles. The monoisotopic (exact) mass is 373 g/mol. The fourth-order valence-electron chi connectivity index (χ4n) is 1.37. The molecule has 18 heavy (non-hydrogen) atoms. The summed E-state index contributed by atoms with van der Waals surface area (Å²) in [4.78, 5) is 8.12. The van der Waals surface area contributed by atoms with Gasteiger partial charge in [-0.05, 0) is 22.6 Å². The first-order chi connectivity index (χ1) is 8.00. The molecule has 0 unspecified atom stereocenters. The molecule has 0 aliphatic heterocycles. The minimum absolute atomic E-state index is 0.148. The molecule has 0 spiro atoms. The zero-order valence-corrected chi connectivity index (χ0v) is 12.6. The van der Waals surface area contributed by atoms with E-state index in [2.05, 4.69) is 9.97 Å². The van der Waals surface area contributed by atoms with Crippen molar-refractivity contribution in [3.63, 3.8) is 0 Å². The van der Waals surface area contributed by atoms with Crippen molar-refractivity contribution in [2.45, 2.75) is 45.2 Å². The van der Waals surface area contributed by atoms with Crippen LogP contribution in [0.1, 0.15) is 38.7 Å². The second kappa shape index (κ2) is 5.18. The molecule has 102 valence electrons. The van der Waals surface area contributed by atoms with E-state index in [1.54, 1.807) is 0 Å². The molecule has 0 radical (unpaired) electrons. The molecule has 0 aliphatic rings. The zero-order valence-electron chi connectivity index (χ0n) is 10.4. The summed E-state index contributed by atoms with van der Waals surface area (Å²) >= 11 is 2.02. The molecule has 3 nitrogen and oxygen atoms in total. The minimum atomic E-state index is -4.21. The first-order valence-corrected chi connectivity index (χ1v) is 6.47. The van der Waals surface area contributed by atoms with E-state index in [0.717, 1.165) is 0 Å². The molecule has 1 heterocycles. The molecule has 0 aromatic carbocycles. The second-order valence-electron chi connectivity index (χ2n) is 5.05. The summed E-state index contributed by atoms with van der Waals surface area (Å²) in [6, 6.07) is 0. The van der Waals surface area contributed by atoms with Crippen LogP contribution >= 0.6 is 22.6 Å². The standard InChI is InChI=1S/C11H15F3IN3/c1-10(2,3)8-7(15)9(16)18-6(17-8)4-5-11(12,13)14/h4-5H2,1-3H3,(H2,16,17,18). The Morgan fingerprint density at radius 2 is 1.72 bits per heavy atom. The Kier molecular flexibility index (Phi) is 4.45. The Balaban J connectivity index is 3.06. The summed E-state index contributed by atoms with van der Waals surface area (Å²) in [5.74, 6) is 0.392. The van der Waals surface area contributed by atoms with Crippen molar-refractivity contribution in [1.29, 1.82) is 0 Å². The van der Waals surface area contributed by atoms with Crippen molar-refractivity contribution in [3.05, 3.63) is 15.1 Å². The van der Waals surface area contributed by atoms with Gasteiger partial charge in [-0.25, -0.2) is 9.97 Å². The Morgan fingerprint density at radius 3 is 2.17 bits per heavy atom. The van der Waals surface area contributed by atoms with Gasteiger partial charge in [0.1, 0.15) is 11.6 Å². The van der Waals surface area contributed by atoms with Crippen molar-refractivity contribution in [2.75, 3.05) is 5.73 Å². The quantitative estimate of drug-likeness (QED) is 0.808. The van der Waals surface area contributed by atoms with Gasteiger partial charge in [0.2, 0.25) is 0 Å². The number of anilines is 1. The van der Waals surface area contributed by atoms with Crippen molar-refractivity contribution in [1.82, 2.24) is 9.97 Å². The van der Waals surface area contributed by atoms with Crippen LogP contribution in [-0.4, -0.2) is 16.1 Å². The number of aromatic nitrogens is 2. The number of aryl methyl sites for hydroxylation is 1. The minimum Gasteiger partial charge on any atom is -0.383 e. The van der Waals surface area contributed by atoms with Crippen molar-refractivity contribution in [3.8, 4) is 0 Å². The number of hydrogen-bond acceptors (Lipinski definition) is 3. The molecule has 0 saturated heterocycles. The number of nitrogen functional groups attached to an aromatic ring is 1. The van der Waals surface area contributed by atoms with Crippen LogP contribution in [0.4, 0.5) is 19.0 Å². The summed E-state index contributed by atoms with van der Waals surface area (Å²) in [6.45, 7) is 5.80. The number of hydrogen-bond donors (Lipinski definition) is 1. The van der Waals surface area contributed by atoms with Crippen LogP contribution in [0.5, 0.6) is 0 Å². The predicted octanol–water partition coefficient (Wildman–Crippen LogP) is 3.46. The van der Waals surface area contributed by atoms with E-state index in [1.807, 2.05) is 43.4 Å². The molecule has 1 rings (SSSR count). The van der Waals surface area contributed by atoms with Crippen LogP contribution in [-0.2, 0) is 11.8 Å². The molecule has 0 saturated carbocycles. The Bertz CT molecular complexity index is 438. The van der Waals surface area contributed by atoms with Crippen molar-refractivity contribution >= 4 is 28.4 Å². The predicted molar refractivity (Wildman–Crippen MR) is 72.2 cm³/mol. The highest BCUT2D eigenvalue weighted by Crippen LogP contribution is 2.29. The van der Waals surface area contributed by atoms with Gasteiger partial charge >= 0.3 is 6.18 Å². The molecule has 0 bridgehead atoms. The molecular weight excluding hydrogens is 358 g/mol. The summed E-state index contributed by atoms with van der Waals surface area (Å²) in [7, 11) is 0. The summed E-state index contributed by atoms with van der Waals surface area (Å²) < 4.78 is 37.2. The largest absolute Gasteiger partial charge is 0.389 e. The first-order valence-electron chi connectivity index (χ1n) is 5.40. The van der Waals surface area contributed by atoms with Crippen LogP contribution in [0.2, 0.25) is 0 Å². The van der Waals surface area contributed by atoms with E-state index in [1.165, 1.54) is 0 Å². The molecular formula is C11H15F3IN3. The molecule has 7 heteroatoms. The van der Waals surface area contributed by atoms with Gasteiger partial charge in [0, 0.05) is 11.8 Å². The van der Waals surface area contributed by atoms with Gasteiger partial charge in [0.05, 0.1) is 15.7 Å². The summed E-state index contributed by atoms with van der Waals surface area (Å²) in [5, 5.41) is 0. The Morgan fingerprint density at radius 1 is 1.17 bits per heavy atom. The lowest BCUT2D eigenvalue weighted by Crippen LogP contribution is -2.20. The van der Waals surface area contributed by atoms with Gasteiger partial charge in [-0.1, -0.05) is 20.8 Å². The molecule has 1 aromatic rings. The third-order valence-corrected chi connectivity index (χ3v) is 3.33. The Hall–Kier alpha value is -0.600. The third-order valence-electron chi connectivity index (χ3n) is 2.27. The molecule has 0 fully saturated rings. The number of alkyl halides is 3. The highest BCUT2D eigenvalue weighted by molar-refractivity contribution is 14.1. The molecule has 0 atom stereocenters. The maximum atomic E-state index is 12.2. The lowest BCUT2D eigenvalue weighted by molar-refractivity contribution is -0.134. The molecule has 0 amide bonds. The third kappa shape index (κ3) is 4.25. The van der Waals surface area contributed by atoms with Crippen molar-refractivity contribution in [2.24, 2.45) is 0 Å². The number of nitrogens with two attached hydrogens (primary N) is 1. The summed E-state index contributed by atoms with van der Waals surface area (Å²) in [5.41, 5.74) is 6.13. The summed E-state index contributed by atoms with van der Waals surface area (Å²) in [6.07, 6.45) is -5.38. The van der Waals surface area contributed by atoms with E-state index in [9.17, 15) is 13.2 Å². The van der Waals surface area contributed by atoms with Gasteiger partial charge < -0.3 is 5.73 Å². The SMILES string of the molecule is CC(C)(C)c1nc(CCC(F)(F)F)nc(N)c1I. The van der Waals surface area contributed by atoms with Gasteiger partial charge in [0.25, 0.3) is 0 Å². The van der Waals surface area contributed by atoms with Crippen LogP contribution < -0.4 is 5.73 Å². The van der Waals surface area contributed by atoms with E-state index < -0.39 is 12.6 Å². The van der Waals surface area contributed by atoms with E-state index in [4.69, 9.17) is 5.73 Å². The normalized spacial score (nSPS) is 12.8. The lowest BCUT2D eigenvalue weighted by atomic mass is 9.92. The molecule has 2 N–H and O–H groups in total. The average Bonchev–Trinajstić information content (AvgIpc) is 2.16. The van der Waals surface area contributed by atoms with E-state index in [0.29, 0.717) is 9.26 Å². The highest BCUT2D eigenvalue weighted by Gasteiger charge is 2.28. The van der Waals surface area contributed by atoms with E-state index in [-0.39, 0.29) is 23.5 Å². The number of halogens is 4. The molecule has 1 aromatic heterocycles. The second-order valence-corrected chi connectivity index (χ2v) is 6.13.